The summed E-state index contributed by atoms with van der Waals surface area (Å²) in [5.41, 5.74) is 4.79. The molecule has 30 heavy (non-hydrogen) atoms. The standard InChI is InChI=1S/C25H30N2O3/c1-5-18-14-23-22(25(6-2,7-3)11-12-30-23)13-19(18)9-10-20-16-27-21(17-26-20)15-24(28)29-8-4/h13-14,16-17H,5-8,11-12,15H2,1-4H3. The molecule has 5 heteroatoms. The predicted octanol–water partition coefficient (Wildman–Crippen LogP) is 4.38. The maximum Gasteiger partial charge on any atom is 0.311 e. The maximum absolute atomic E-state index is 11.6. The fourth-order valence-electron chi connectivity index (χ4n) is 4.04. The molecule has 0 saturated heterocycles. The Hall–Kier alpha value is -2.87. The average molecular weight is 407 g/mol. The summed E-state index contributed by atoms with van der Waals surface area (Å²) in [6, 6.07) is 4.38. The first kappa shape index (κ1) is 21.8. The van der Waals surface area contributed by atoms with Gasteiger partial charge in [0.2, 0.25) is 0 Å². The maximum atomic E-state index is 11.6. The minimum Gasteiger partial charge on any atom is -0.493 e. The highest BCUT2D eigenvalue weighted by molar-refractivity contribution is 5.71. The molecule has 0 atom stereocenters. The zero-order chi connectivity index (χ0) is 21.6. The minimum absolute atomic E-state index is 0.121. The van der Waals surface area contributed by atoms with Gasteiger partial charge in [0, 0.05) is 16.5 Å². The molecule has 0 amide bonds. The van der Waals surface area contributed by atoms with Crippen molar-refractivity contribution in [1.29, 1.82) is 0 Å². The zero-order valence-corrected chi connectivity index (χ0v) is 18.4. The van der Waals surface area contributed by atoms with E-state index in [1.807, 2.05) is 0 Å². The number of esters is 1. The number of carbonyl (C=O) groups is 1. The number of hydrogen-bond donors (Lipinski definition) is 0. The molecule has 0 fully saturated rings. The largest absolute Gasteiger partial charge is 0.493 e. The molecule has 2 aromatic rings. The number of nitrogens with zero attached hydrogens (tertiary/aromatic N) is 2. The van der Waals surface area contributed by atoms with Crippen molar-refractivity contribution >= 4 is 5.97 Å². The van der Waals surface area contributed by atoms with Crippen LogP contribution in [-0.4, -0.2) is 29.2 Å². The Bertz CT molecular complexity index is 951. The minimum atomic E-state index is -0.301. The first-order chi connectivity index (χ1) is 14.5. The van der Waals surface area contributed by atoms with E-state index < -0.39 is 0 Å². The molecule has 1 aliphatic rings. The fraction of sp³-hybridized carbons (Fsp3) is 0.480. The lowest BCUT2D eigenvalue weighted by Crippen LogP contribution is -2.32. The van der Waals surface area contributed by atoms with E-state index in [4.69, 9.17) is 9.47 Å². The molecular formula is C25H30N2O3. The number of benzene rings is 1. The summed E-state index contributed by atoms with van der Waals surface area (Å²) < 4.78 is 10.9. The molecule has 3 rings (SSSR count). The smallest absolute Gasteiger partial charge is 0.311 e. The van der Waals surface area contributed by atoms with Crippen LogP contribution in [0.5, 0.6) is 5.75 Å². The lowest BCUT2D eigenvalue weighted by molar-refractivity contribution is -0.142. The van der Waals surface area contributed by atoms with Crippen molar-refractivity contribution in [2.75, 3.05) is 13.2 Å². The third-order valence-corrected chi connectivity index (χ3v) is 6.01. The molecule has 158 valence electrons. The van der Waals surface area contributed by atoms with Gasteiger partial charge in [0.05, 0.1) is 37.7 Å². The van der Waals surface area contributed by atoms with Gasteiger partial charge in [0.15, 0.2) is 0 Å². The number of hydrogen-bond acceptors (Lipinski definition) is 5. The van der Waals surface area contributed by atoms with E-state index in [9.17, 15) is 4.79 Å². The molecule has 1 aromatic carbocycles. The zero-order valence-electron chi connectivity index (χ0n) is 18.4. The molecule has 1 aromatic heterocycles. The van der Waals surface area contributed by atoms with Gasteiger partial charge in [0.1, 0.15) is 11.4 Å². The van der Waals surface area contributed by atoms with Gasteiger partial charge >= 0.3 is 5.97 Å². The van der Waals surface area contributed by atoms with E-state index in [0.29, 0.717) is 18.0 Å². The van der Waals surface area contributed by atoms with Crippen molar-refractivity contribution in [1.82, 2.24) is 9.97 Å². The first-order valence-electron chi connectivity index (χ1n) is 10.8. The van der Waals surface area contributed by atoms with Crippen molar-refractivity contribution in [3.63, 3.8) is 0 Å². The van der Waals surface area contributed by atoms with Gasteiger partial charge in [-0.25, -0.2) is 4.98 Å². The number of fused-ring (bicyclic) bond motifs is 1. The molecule has 1 aliphatic heterocycles. The topological polar surface area (TPSA) is 61.3 Å². The summed E-state index contributed by atoms with van der Waals surface area (Å²) in [6.45, 7) is 9.56. The van der Waals surface area contributed by atoms with Crippen LogP contribution in [0.1, 0.15) is 75.0 Å². The average Bonchev–Trinajstić information content (AvgIpc) is 2.77. The van der Waals surface area contributed by atoms with Gasteiger partial charge in [-0.1, -0.05) is 26.7 Å². The fourth-order valence-corrected chi connectivity index (χ4v) is 4.04. The summed E-state index contributed by atoms with van der Waals surface area (Å²) in [5, 5.41) is 0. The van der Waals surface area contributed by atoms with Crippen LogP contribution in [0.3, 0.4) is 0 Å². The summed E-state index contributed by atoms with van der Waals surface area (Å²) in [6.07, 6.45) is 7.42. The monoisotopic (exact) mass is 406 g/mol. The lowest BCUT2D eigenvalue weighted by Gasteiger charge is -2.38. The molecular weight excluding hydrogens is 376 g/mol. The van der Waals surface area contributed by atoms with Gasteiger partial charge in [-0.15, -0.1) is 0 Å². The van der Waals surface area contributed by atoms with Gasteiger partial charge in [0.25, 0.3) is 0 Å². The Morgan fingerprint density at radius 1 is 1.13 bits per heavy atom. The highest BCUT2D eigenvalue weighted by Gasteiger charge is 2.35. The number of carbonyl (C=O) groups excluding carboxylic acids is 1. The molecule has 0 unspecified atom stereocenters. The van der Waals surface area contributed by atoms with Gasteiger partial charge in [-0.3, -0.25) is 9.78 Å². The molecule has 0 radical (unpaired) electrons. The van der Waals surface area contributed by atoms with Crippen molar-refractivity contribution in [2.24, 2.45) is 0 Å². The van der Waals surface area contributed by atoms with Crippen molar-refractivity contribution in [3.05, 3.63) is 52.6 Å². The van der Waals surface area contributed by atoms with E-state index in [2.05, 4.69) is 54.7 Å². The highest BCUT2D eigenvalue weighted by atomic mass is 16.5. The Balaban J connectivity index is 1.89. The van der Waals surface area contributed by atoms with E-state index in [1.54, 1.807) is 19.3 Å². The summed E-state index contributed by atoms with van der Waals surface area (Å²) in [5.74, 6) is 7.14. The van der Waals surface area contributed by atoms with Crippen LogP contribution in [0, 0.1) is 11.8 Å². The number of aromatic nitrogens is 2. The predicted molar refractivity (Wildman–Crippen MR) is 117 cm³/mol. The highest BCUT2D eigenvalue weighted by Crippen LogP contribution is 2.44. The molecule has 0 spiro atoms. The van der Waals surface area contributed by atoms with Crippen LogP contribution in [-0.2, 0) is 27.8 Å². The Morgan fingerprint density at radius 2 is 1.93 bits per heavy atom. The number of ether oxygens (including phenoxy) is 2. The summed E-state index contributed by atoms with van der Waals surface area (Å²) >= 11 is 0. The summed E-state index contributed by atoms with van der Waals surface area (Å²) in [7, 11) is 0. The summed E-state index contributed by atoms with van der Waals surface area (Å²) in [4.78, 5) is 20.2. The SMILES string of the molecule is CCOC(=O)Cc1cnc(C#Cc2cc3c(cc2CC)OCCC3(CC)CC)cn1. The lowest BCUT2D eigenvalue weighted by atomic mass is 9.71. The van der Waals surface area contributed by atoms with Gasteiger partial charge in [-0.2, -0.15) is 0 Å². The van der Waals surface area contributed by atoms with E-state index >= 15 is 0 Å². The molecule has 0 saturated carbocycles. The molecule has 0 bridgehead atoms. The van der Waals surface area contributed by atoms with Crippen molar-refractivity contribution in [2.45, 2.75) is 65.2 Å². The third kappa shape index (κ3) is 4.64. The second kappa shape index (κ2) is 9.75. The Labute approximate surface area is 179 Å². The van der Waals surface area contributed by atoms with Crippen LogP contribution >= 0.6 is 0 Å². The second-order valence-corrected chi connectivity index (χ2v) is 7.57. The molecule has 5 nitrogen and oxygen atoms in total. The van der Waals surface area contributed by atoms with Crippen LogP contribution in [0.4, 0.5) is 0 Å². The van der Waals surface area contributed by atoms with E-state index in [1.165, 1.54) is 11.1 Å². The van der Waals surface area contributed by atoms with Crippen LogP contribution in [0.2, 0.25) is 0 Å². The van der Waals surface area contributed by atoms with E-state index in [-0.39, 0.29) is 17.8 Å². The van der Waals surface area contributed by atoms with Crippen LogP contribution in [0.25, 0.3) is 0 Å². The van der Waals surface area contributed by atoms with Gasteiger partial charge in [-0.05, 0) is 56.2 Å². The molecule has 2 heterocycles. The quantitative estimate of drug-likeness (QED) is 0.526. The normalized spacial score (nSPS) is 14.1. The third-order valence-electron chi connectivity index (χ3n) is 6.01. The Kier molecular flexibility index (Phi) is 7.10. The van der Waals surface area contributed by atoms with Crippen LogP contribution < -0.4 is 4.74 Å². The number of aryl methyl sites for hydroxylation is 1. The van der Waals surface area contributed by atoms with Crippen LogP contribution in [0.15, 0.2) is 24.5 Å². The number of rotatable bonds is 6. The van der Waals surface area contributed by atoms with Crippen molar-refractivity contribution in [3.8, 4) is 17.6 Å². The Morgan fingerprint density at radius 3 is 2.57 bits per heavy atom. The van der Waals surface area contributed by atoms with Crippen molar-refractivity contribution < 1.29 is 14.3 Å². The molecule has 0 N–H and O–H groups in total. The molecule has 0 aliphatic carbocycles. The van der Waals surface area contributed by atoms with Gasteiger partial charge < -0.3 is 9.47 Å². The second-order valence-electron chi connectivity index (χ2n) is 7.57. The van der Waals surface area contributed by atoms with E-state index in [0.717, 1.165) is 43.6 Å². The first-order valence-corrected chi connectivity index (χ1v) is 10.8.